The minimum absolute atomic E-state index is 0.0616. The summed E-state index contributed by atoms with van der Waals surface area (Å²) in [6.07, 6.45) is 0.0901. The zero-order valence-electron chi connectivity index (χ0n) is 11.0. The van der Waals surface area contributed by atoms with Gasteiger partial charge in [-0.1, -0.05) is 0 Å². The fourth-order valence-corrected chi connectivity index (χ4v) is 2.69. The van der Waals surface area contributed by atoms with Gasteiger partial charge in [0.25, 0.3) is 10.1 Å². The number of aryl methyl sites for hydroxylation is 1. The predicted molar refractivity (Wildman–Crippen MR) is 74.8 cm³/mol. The molecule has 0 saturated carbocycles. The minimum atomic E-state index is -4.02. The monoisotopic (exact) mass is 321 g/mol. The highest BCUT2D eigenvalue weighted by Crippen LogP contribution is 2.20. The summed E-state index contributed by atoms with van der Waals surface area (Å²) in [6.45, 7) is 3.90. The highest BCUT2D eigenvalue weighted by atomic mass is 35.5. The highest BCUT2D eigenvalue weighted by molar-refractivity contribution is 7.85. The van der Waals surface area contributed by atoms with Gasteiger partial charge in [0.1, 0.15) is 5.82 Å². The molecule has 2 rings (SSSR count). The van der Waals surface area contributed by atoms with Crippen molar-refractivity contribution in [2.75, 3.05) is 30.4 Å². The van der Waals surface area contributed by atoms with Gasteiger partial charge in [0, 0.05) is 24.7 Å². The SMILES string of the molecule is C[C@@H]1COCCN1c1cc(CCS(=O)(=O)O)nc(Cl)n1. The van der Waals surface area contributed by atoms with Crippen LogP contribution < -0.4 is 4.90 Å². The first-order valence-corrected chi connectivity index (χ1v) is 8.17. The third-order valence-electron chi connectivity index (χ3n) is 3.02. The molecule has 1 fully saturated rings. The smallest absolute Gasteiger partial charge is 0.265 e. The Kier molecular flexibility index (Phi) is 4.79. The minimum Gasteiger partial charge on any atom is -0.377 e. The Morgan fingerprint density at radius 3 is 2.95 bits per heavy atom. The average Bonchev–Trinajstić information content (AvgIpc) is 2.35. The third kappa shape index (κ3) is 4.27. The van der Waals surface area contributed by atoms with Crippen molar-refractivity contribution in [3.05, 3.63) is 17.0 Å². The van der Waals surface area contributed by atoms with Gasteiger partial charge in [-0.25, -0.2) is 9.97 Å². The molecule has 0 amide bonds. The molecule has 0 radical (unpaired) electrons. The molecule has 20 heavy (non-hydrogen) atoms. The molecule has 7 nitrogen and oxygen atoms in total. The van der Waals surface area contributed by atoms with Gasteiger partial charge in [-0.3, -0.25) is 4.55 Å². The van der Waals surface area contributed by atoms with Crippen LogP contribution in [0.1, 0.15) is 12.6 Å². The van der Waals surface area contributed by atoms with E-state index in [1.807, 2.05) is 11.8 Å². The standard InChI is InChI=1S/C11H16ClN3O4S/c1-8-7-19-4-3-15(8)10-6-9(13-11(12)14-10)2-5-20(16,17)18/h6,8H,2-5,7H2,1H3,(H,16,17,18)/t8-/m1/s1. The third-order valence-corrected chi connectivity index (χ3v) is 3.91. The van der Waals surface area contributed by atoms with Crippen molar-refractivity contribution < 1.29 is 17.7 Å². The van der Waals surface area contributed by atoms with Crippen molar-refractivity contribution in [2.24, 2.45) is 0 Å². The van der Waals surface area contributed by atoms with E-state index in [4.69, 9.17) is 20.9 Å². The van der Waals surface area contributed by atoms with E-state index in [0.29, 0.717) is 31.3 Å². The van der Waals surface area contributed by atoms with E-state index in [-0.39, 0.29) is 17.7 Å². The lowest BCUT2D eigenvalue weighted by Crippen LogP contribution is -2.44. The van der Waals surface area contributed by atoms with Crippen LogP contribution in [0.5, 0.6) is 0 Å². The summed E-state index contributed by atoms with van der Waals surface area (Å²) >= 11 is 5.87. The zero-order valence-corrected chi connectivity index (χ0v) is 12.6. The fraction of sp³-hybridized carbons (Fsp3) is 0.636. The van der Waals surface area contributed by atoms with E-state index in [0.717, 1.165) is 0 Å². The number of ether oxygens (including phenoxy) is 1. The van der Waals surface area contributed by atoms with Crippen LogP contribution in [0.15, 0.2) is 6.07 Å². The van der Waals surface area contributed by atoms with Crippen molar-refractivity contribution >= 4 is 27.5 Å². The van der Waals surface area contributed by atoms with Crippen molar-refractivity contribution in [2.45, 2.75) is 19.4 Å². The maximum atomic E-state index is 10.8. The van der Waals surface area contributed by atoms with E-state index >= 15 is 0 Å². The second kappa shape index (κ2) is 6.21. The van der Waals surface area contributed by atoms with Crippen LogP contribution >= 0.6 is 11.6 Å². The average molecular weight is 322 g/mol. The van der Waals surface area contributed by atoms with Crippen LogP contribution in [0.3, 0.4) is 0 Å². The molecule has 0 aliphatic carbocycles. The summed E-state index contributed by atoms with van der Waals surface area (Å²) in [5.41, 5.74) is 0.483. The van der Waals surface area contributed by atoms with E-state index in [1.165, 1.54) is 0 Å². The largest absolute Gasteiger partial charge is 0.377 e. The van der Waals surface area contributed by atoms with Crippen LogP contribution in [-0.4, -0.2) is 54.5 Å². The Morgan fingerprint density at radius 2 is 2.30 bits per heavy atom. The molecule has 1 N–H and O–H groups in total. The summed E-state index contributed by atoms with van der Waals surface area (Å²) in [7, 11) is -4.02. The van der Waals surface area contributed by atoms with Crippen molar-refractivity contribution in [1.82, 2.24) is 9.97 Å². The summed E-state index contributed by atoms with van der Waals surface area (Å²) in [4.78, 5) is 10.2. The van der Waals surface area contributed by atoms with E-state index in [1.54, 1.807) is 6.07 Å². The van der Waals surface area contributed by atoms with Crippen molar-refractivity contribution in [3.8, 4) is 0 Å². The first kappa shape index (κ1) is 15.4. The van der Waals surface area contributed by atoms with Gasteiger partial charge in [-0.2, -0.15) is 8.42 Å². The topological polar surface area (TPSA) is 92.6 Å². The fourth-order valence-electron chi connectivity index (χ4n) is 2.03. The molecular weight excluding hydrogens is 306 g/mol. The maximum Gasteiger partial charge on any atom is 0.265 e. The lowest BCUT2D eigenvalue weighted by Gasteiger charge is -2.34. The molecule has 0 spiro atoms. The predicted octanol–water partition coefficient (Wildman–Crippen LogP) is 0.785. The molecule has 1 aromatic heterocycles. The Balaban J connectivity index is 2.19. The van der Waals surface area contributed by atoms with Gasteiger partial charge in [0.15, 0.2) is 0 Å². The molecule has 1 atom stereocenters. The highest BCUT2D eigenvalue weighted by Gasteiger charge is 2.21. The van der Waals surface area contributed by atoms with Gasteiger partial charge in [-0.15, -0.1) is 0 Å². The molecule has 112 valence electrons. The molecule has 2 heterocycles. The molecule has 1 aromatic rings. The molecule has 0 unspecified atom stereocenters. The van der Waals surface area contributed by atoms with Crippen LogP contribution in [0.25, 0.3) is 0 Å². The molecular formula is C11H16ClN3O4S. The number of halogens is 1. The lowest BCUT2D eigenvalue weighted by atomic mass is 10.2. The van der Waals surface area contributed by atoms with E-state index in [9.17, 15) is 8.42 Å². The normalized spacial score (nSPS) is 20.1. The summed E-state index contributed by atoms with van der Waals surface area (Å²) in [5, 5.41) is 0.0616. The number of rotatable bonds is 4. The zero-order chi connectivity index (χ0) is 14.8. The van der Waals surface area contributed by atoms with Gasteiger partial charge in [0.2, 0.25) is 5.28 Å². The number of morpholine rings is 1. The first-order chi connectivity index (χ1) is 9.35. The van der Waals surface area contributed by atoms with Gasteiger partial charge in [0.05, 0.1) is 25.0 Å². The molecule has 1 aliphatic heterocycles. The van der Waals surface area contributed by atoms with Crippen molar-refractivity contribution in [1.29, 1.82) is 0 Å². The summed E-state index contributed by atoms with van der Waals surface area (Å²) in [5.74, 6) is 0.254. The van der Waals surface area contributed by atoms with Crippen LogP contribution in [-0.2, 0) is 21.3 Å². The second-order valence-corrected chi connectivity index (χ2v) is 6.55. The number of anilines is 1. The van der Waals surface area contributed by atoms with Crippen LogP contribution in [0.4, 0.5) is 5.82 Å². The maximum absolute atomic E-state index is 10.8. The van der Waals surface area contributed by atoms with Gasteiger partial charge >= 0.3 is 0 Å². The molecule has 0 bridgehead atoms. The van der Waals surface area contributed by atoms with Crippen LogP contribution in [0.2, 0.25) is 5.28 Å². The number of hydrogen-bond donors (Lipinski definition) is 1. The Hall–Kier alpha value is -0.960. The lowest BCUT2D eigenvalue weighted by molar-refractivity contribution is 0.0985. The Morgan fingerprint density at radius 1 is 1.55 bits per heavy atom. The van der Waals surface area contributed by atoms with Gasteiger partial charge < -0.3 is 9.64 Å². The molecule has 1 aliphatic rings. The van der Waals surface area contributed by atoms with Gasteiger partial charge in [-0.05, 0) is 18.5 Å². The number of hydrogen-bond acceptors (Lipinski definition) is 6. The molecule has 1 saturated heterocycles. The molecule has 0 aromatic carbocycles. The molecule has 9 heteroatoms. The van der Waals surface area contributed by atoms with Crippen LogP contribution in [0, 0.1) is 0 Å². The number of nitrogens with zero attached hydrogens (tertiary/aromatic N) is 3. The Bertz CT molecular complexity index is 581. The summed E-state index contributed by atoms with van der Waals surface area (Å²) in [6, 6.07) is 1.85. The van der Waals surface area contributed by atoms with E-state index < -0.39 is 15.9 Å². The van der Waals surface area contributed by atoms with E-state index in [2.05, 4.69) is 9.97 Å². The summed E-state index contributed by atoms with van der Waals surface area (Å²) < 4.78 is 35.7. The number of aromatic nitrogens is 2. The first-order valence-electron chi connectivity index (χ1n) is 6.18. The Labute approximate surface area is 122 Å². The second-order valence-electron chi connectivity index (χ2n) is 4.64. The van der Waals surface area contributed by atoms with Crippen molar-refractivity contribution in [3.63, 3.8) is 0 Å². The quantitative estimate of drug-likeness (QED) is 0.647.